The van der Waals surface area contributed by atoms with E-state index in [-0.39, 0.29) is 17.9 Å². The van der Waals surface area contributed by atoms with Gasteiger partial charge in [0.05, 0.1) is 19.0 Å². The van der Waals surface area contributed by atoms with Crippen LogP contribution in [0.25, 0.3) is 0 Å². The Morgan fingerprint density at radius 1 is 1.03 bits per heavy atom. The number of nitrogens with one attached hydrogen (secondary N) is 4. The molecule has 4 unspecified atom stereocenters. The van der Waals surface area contributed by atoms with Gasteiger partial charge < -0.3 is 36.9 Å². The molecule has 1 heterocycles. The van der Waals surface area contributed by atoms with Gasteiger partial charge in [0.15, 0.2) is 0 Å². The maximum absolute atomic E-state index is 12.4. The number of carbonyl (C=O) groups excluding carboxylic acids is 3. The second kappa shape index (κ2) is 12.3. The van der Waals surface area contributed by atoms with Gasteiger partial charge in [-0.1, -0.05) is 0 Å². The number of imidazole rings is 1. The van der Waals surface area contributed by atoms with Crippen LogP contribution in [0.4, 0.5) is 0 Å². The van der Waals surface area contributed by atoms with Gasteiger partial charge in [-0.15, -0.1) is 0 Å². The lowest BCUT2D eigenvalue weighted by molar-refractivity contribution is -0.143. The molecule has 1 aromatic rings. The van der Waals surface area contributed by atoms with E-state index in [9.17, 15) is 19.2 Å². The molecule has 0 aliphatic carbocycles. The summed E-state index contributed by atoms with van der Waals surface area (Å²) in [6.45, 7) is -0.822. The van der Waals surface area contributed by atoms with Crippen molar-refractivity contribution in [1.82, 2.24) is 25.9 Å². The van der Waals surface area contributed by atoms with Crippen LogP contribution in [0.3, 0.4) is 0 Å². The van der Waals surface area contributed by atoms with Crippen LogP contribution < -0.4 is 21.7 Å². The third-order valence-corrected chi connectivity index (χ3v) is 4.49. The Balaban J connectivity index is 2.66. The average molecular weight is 449 g/mol. The van der Waals surface area contributed by atoms with Crippen LogP contribution in [0, 0.1) is 0 Å². The Hall–Kier alpha value is -2.29. The maximum atomic E-state index is 12.4. The minimum atomic E-state index is -1.53. The van der Waals surface area contributed by atoms with Crippen LogP contribution in [0.5, 0.6) is 0 Å². The van der Waals surface area contributed by atoms with Gasteiger partial charge in [-0.3, -0.25) is 14.4 Å². The highest BCUT2D eigenvalue weighted by molar-refractivity contribution is 7.80. The van der Waals surface area contributed by atoms with E-state index >= 15 is 0 Å². The Labute approximate surface area is 177 Å². The lowest BCUT2D eigenvalue weighted by Gasteiger charge is -2.23. The van der Waals surface area contributed by atoms with Crippen molar-refractivity contribution in [3.8, 4) is 0 Å². The highest BCUT2D eigenvalue weighted by Crippen LogP contribution is 1.99. The summed E-state index contributed by atoms with van der Waals surface area (Å²) in [7, 11) is 0. The molecule has 0 spiro atoms. The molecule has 0 aliphatic heterocycles. The van der Waals surface area contributed by atoms with E-state index in [1.807, 2.05) is 0 Å². The Morgan fingerprint density at radius 3 is 1.97 bits per heavy atom. The van der Waals surface area contributed by atoms with Crippen molar-refractivity contribution in [3.05, 3.63) is 18.2 Å². The molecule has 0 radical (unpaired) electrons. The van der Waals surface area contributed by atoms with E-state index < -0.39 is 54.5 Å². The second-order valence-electron chi connectivity index (χ2n) is 5.96. The van der Waals surface area contributed by atoms with Gasteiger partial charge in [-0.05, 0) is 0 Å². The standard InChI is InChI=1S/C15H24N6O6S2/c16-8(1-7-2-17-6-18-7)12(23)20-10(4-28)14(25)21-11(5-29)13(24)19-9(3-22)15(26)27/h2,6,8-11,22,28-29H,1,3-5,16H2,(H,17,18)(H,19,24)(H,20,23)(H,21,25)(H,26,27). The number of aliphatic hydroxyl groups excluding tert-OH is 1. The monoisotopic (exact) mass is 448 g/mol. The minimum Gasteiger partial charge on any atom is -0.480 e. The highest BCUT2D eigenvalue weighted by Gasteiger charge is 2.29. The van der Waals surface area contributed by atoms with Crippen LogP contribution in [-0.2, 0) is 25.6 Å². The predicted molar refractivity (Wildman–Crippen MR) is 108 cm³/mol. The molecule has 0 saturated heterocycles. The molecule has 8 N–H and O–H groups in total. The van der Waals surface area contributed by atoms with Gasteiger partial charge in [0, 0.05) is 29.8 Å². The lowest BCUT2D eigenvalue weighted by atomic mass is 10.1. The van der Waals surface area contributed by atoms with E-state index in [1.54, 1.807) is 0 Å². The summed E-state index contributed by atoms with van der Waals surface area (Å²) in [5.41, 5.74) is 6.46. The van der Waals surface area contributed by atoms with Crippen molar-refractivity contribution in [1.29, 1.82) is 0 Å². The first kappa shape index (κ1) is 24.7. The number of carboxylic acid groups (broad SMARTS) is 1. The van der Waals surface area contributed by atoms with Gasteiger partial charge in [-0.2, -0.15) is 25.3 Å². The number of hydrogen-bond donors (Lipinski definition) is 9. The zero-order chi connectivity index (χ0) is 22.0. The number of rotatable bonds is 12. The van der Waals surface area contributed by atoms with Crippen LogP contribution in [0.2, 0.25) is 0 Å². The Bertz CT molecular complexity index is 703. The van der Waals surface area contributed by atoms with Crippen molar-refractivity contribution in [3.63, 3.8) is 0 Å². The zero-order valence-corrected chi connectivity index (χ0v) is 17.0. The summed E-state index contributed by atoms with van der Waals surface area (Å²) in [5.74, 6) is -3.85. The van der Waals surface area contributed by atoms with Crippen LogP contribution >= 0.6 is 25.3 Å². The molecule has 3 amide bonds. The van der Waals surface area contributed by atoms with E-state index in [2.05, 4.69) is 51.2 Å². The summed E-state index contributed by atoms with van der Waals surface area (Å²) < 4.78 is 0. The summed E-state index contributed by atoms with van der Waals surface area (Å²) in [4.78, 5) is 54.3. The number of carboxylic acids is 1. The number of aromatic nitrogens is 2. The fourth-order valence-electron chi connectivity index (χ4n) is 2.12. The number of aromatic amines is 1. The second-order valence-corrected chi connectivity index (χ2v) is 6.69. The van der Waals surface area contributed by atoms with Crippen molar-refractivity contribution in [2.24, 2.45) is 5.73 Å². The van der Waals surface area contributed by atoms with E-state index in [0.717, 1.165) is 0 Å². The Kier molecular flexibility index (Phi) is 10.5. The molecule has 162 valence electrons. The first-order valence-electron chi connectivity index (χ1n) is 8.42. The first-order valence-corrected chi connectivity index (χ1v) is 9.69. The van der Waals surface area contributed by atoms with Crippen LogP contribution in [0.15, 0.2) is 12.5 Å². The highest BCUT2D eigenvalue weighted by atomic mass is 32.1. The molecular weight excluding hydrogens is 424 g/mol. The molecular formula is C15H24N6O6S2. The Morgan fingerprint density at radius 2 is 1.55 bits per heavy atom. The number of amides is 3. The van der Waals surface area contributed by atoms with Crippen LogP contribution in [0.1, 0.15) is 5.69 Å². The lowest BCUT2D eigenvalue weighted by Crippen LogP contribution is -2.58. The summed E-state index contributed by atoms with van der Waals surface area (Å²) in [5, 5.41) is 24.7. The molecule has 0 saturated carbocycles. The third-order valence-electron chi connectivity index (χ3n) is 3.76. The fraction of sp³-hybridized carbons (Fsp3) is 0.533. The number of nitrogens with zero attached hydrogens (tertiary/aromatic N) is 1. The largest absolute Gasteiger partial charge is 0.480 e. The number of H-pyrrole nitrogens is 1. The van der Waals surface area contributed by atoms with E-state index in [0.29, 0.717) is 5.69 Å². The zero-order valence-electron chi connectivity index (χ0n) is 15.2. The third kappa shape index (κ3) is 7.92. The molecule has 0 fully saturated rings. The van der Waals surface area contributed by atoms with Crippen molar-refractivity contribution >= 4 is 48.9 Å². The number of nitrogens with two attached hydrogens (primary N) is 1. The number of aliphatic carboxylic acids is 1. The normalized spacial score (nSPS) is 14.9. The predicted octanol–water partition coefficient (Wildman–Crippen LogP) is -3.33. The molecule has 0 aliphatic rings. The smallest absolute Gasteiger partial charge is 0.328 e. The van der Waals surface area contributed by atoms with Crippen molar-refractivity contribution in [2.75, 3.05) is 18.1 Å². The topological polar surface area (TPSA) is 200 Å². The molecule has 14 heteroatoms. The van der Waals surface area contributed by atoms with Crippen molar-refractivity contribution < 1.29 is 29.4 Å². The van der Waals surface area contributed by atoms with Gasteiger partial charge in [0.25, 0.3) is 0 Å². The summed E-state index contributed by atoms with van der Waals surface area (Å²) in [6.07, 6.45) is 3.13. The fourth-order valence-corrected chi connectivity index (χ4v) is 2.64. The molecule has 4 atom stereocenters. The summed E-state index contributed by atoms with van der Waals surface area (Å²) in [6, 6.07) is -4.77. The molecule has 29 heavy (non-hydrogen) atoms. The molecule has 0 aromatic carbocycles. The SMILES string of the molecule is NC(Cc1cnc[nH]1)C(=O)NC(CS)C(=O)NC(CS)C(=O)NC(CO)C(=O)O. The van der Waals surface area contributed by atoms with Crippen molar-refractivity contribution in [2.45, 2.75) is 30.6 Å². The molecule has 12 nitrogen and oxygen atoms in total. The minimum absolute atomic E-state index is 0.0797. The van der Waals surface area contributed by atoms with Gasteiger partial charge >= 0.3 is 5.97 Å². The number of hydrogen-bond acceptors (Lipinski definition) is 9. The number of thiol groups is 2. The van der Waals surface area contributed by atoms with E-state index in [1.165, 1.54) is 12.5 Å². The quantitative estimate of drug-likeness (QED) is 0.148. The molecule has 0 bridgehead atoms. The number of aliphatic hydroxyl groups is 1. The van der Waals surface area contributed by atoms with Gasteiger partial charge in [0.1, 0.15) is 18.1 Å². The van der Waals surface area contributed by atoms with Gasteiger partial charge in [-0.25, -0.2) is 9.78 Å². The maximum Gasteiger partial charge on any atom is 0.328 e. The van der Waals surface area contributed by atoms with Crippen LogP contribution in [-0.4, -0.2) is 86.2 Å². The molecule has 1 rings (SSSR count). The summed E-state index contributed by atoms with van der Waals surface area (Å²) >= 11 is 7.99. The first-order chi connectivity index (χ1) is 13.7. The van der Waals surface area contributed by atoms with E-state index in [4.69, 9.17) is 15.9 Å². The van der Waals surface area contributed by atoms with Gasteiger partial charge in [0.2, 0.25) is 17.7 Å². The molecule has 1 aromatic heterocycles. The number of carbonyl (C=O) groups is 4. The average Bonchev–Trinajstić information content (AvgIpc) is 3.20.